The average Bonchev–Trinajstić information content (AvgIpc) is 2.24. The molecule has 1 saturated carbocycles. The highest BCUT2D eigenvalue weighted by Gasteiger charge is 2.48. The van der Waals surface area contributed by atoms with Crippen molar-refractivity contribution in [1.82, 2.24) is 0 Å². The van der Waals surface area contributed by atoms with Crippen LogP contribution in [0.1, 0.15) is 53.4 Å². The molecule has 4 atom stereocenters. The zero-order valence-corrected chi connectivity index (χ0v) is 12.6. The van der Waals surface area contributed by atoms with Crippen LogP contribution in [0.3, 0.4) is 0 Å². The molecule has 0 amide bonds. The van der Waals surface area contributed by atoms with E-state index in [1.165, 1.54) is 5.57 Å². The average molecular weight is 250 g/mol. The Kier molecular flexibility index (Phi) is 5.21. The number of hydrogen-bond donors (Lipinski definition) is 1. The molecule has 1 nitrogen and oxygen atoms in total. The molecule has 1 aliphatic rings. The fraction of sp³-hybridized carbons (Fsp3) is 0.765. The lowest BCUT2D eigenvalue weighted by Gasteiger charge is -2.50. The topological polar surface area (TPSA) is 20.2 Å². The van der Waals surface area contributed by atoms with Crippen molar-refractivity contribution >= 4 is 0 Å². The van der Waals surface area contributed by atoms with E-state index in [0.29, 0.717) is 23.7 Å². The predicted octanol–water partition coefficient (Wildman–Crippen LogP) is 4.58. The first kappa shape index (κ1) is 15.5. The molecule has 0 unspecified atom stereocenters. The summed E-state index contributed by atoms with van der Waals surface area (Å²) in [5.74, 6) is 1.63. The molecule has 0 spiro atoms. The standard InChI is InChI=1S/C17H30O/c1-7-8-16-15(13(4)5)10-9-14(6)17(16,18)11-12(2)3/h7,12,14-16,18H,1,4,8-11H2,2-3,5-6H3/t14-,15+,16+,17-/m1/s1. The fourth-order valence-corrected chi connectivity index (χ4v) is 3.74. The summed E-state index contributed by atoms with van der Waals surface area (Å²) in [6.45, 7) is 16.7. The quantitative estimate of drug-likeness (QED) is 0.708. The summed E-state index contributed by atoms with van der Waals surface area (Å²) in [5, 5.41) is 11.2. The summed E-state index contributed by atoms with van der Waals surface area (Å²) < 4.78 is 0. The van der Waals surface area contributed by atoms with Crippen LogP contribution in [0.15, 0.2) is 24.8 Å². The Morgan fingerprint density at radius 1 is 1.44 bits per heavy atom. The van der Waals surface area contributed by atoms with Crippen LogP contribution in [0.25, 0.3) is 0 Å². The third-order valence-corrected chi connectivity index (χ3v) is 4.68. The van der Waals surface area contributed by atoms with Gasteiger partial charge in [-0.2, -0.15) is 0 Å². The van der Waals surface area contributed by atoms with E-state index in [0.717, 1.165) is 25.7 Å². The molecule has 0 aromatic carbocycles. The van der Waals surface area contributed by atoms with Gasteiger partial charge >= 0.3 is 0 Å². The summed E-state index contributed by atoms with van der Waals surface area (Å²) in [6, 6.07) is 0. The van der Waals surface area contributed by atoms with Crippen LogP contribution in [0.5, 0.6) is 0 Å². The number of hydrogen-bond acceptors (Lipinski definition) is 1. The van der Waals surface area contributed by atoms with E-state index in [9.17, 15) is 5.11 Å². The van der Waals surface area contributed by atoms with Crippen LogP contribution in [-0.2, 0) is 0 Å². The maximum absolute atomic E-state index is 11.2. The van der Waals surface area contributed by atoms with E-state index in [2.05, 4.69) is 40.9 Å². The molecule has 1 heteroatoms. The van der Waals surface area contributed by atoms with Crippen molar-refractivity contribution < 1.29 is 5.11 Å². The summed E-state index contributed by atoms with van der Waals surface area (Å²) in [7, 11) is 0. The molecule has 0 radical (unpaired) electrons. The Morgan fingerprint density at radius 3 is 2.50 bits per heavy atom. The first-order valence-corrected chi connectivity index (χ1v) is 7.31. The van der Waals surface area contributed by atoms with Crippen LogP contribution in [0.4, 0.5) is 0 Å². The second-order valence-electron chi connectivity index (χ2n) is 6.65. The number of rotatable bonds is 5. The second-order valence-corrected chi connectivity index (χ2v) is 6.65. The Balaban J connectivity index is 3.05. The van der Waals surface area contributed by atoms with Crippen LogP contribution >= 0.6 is 0 Å². The van der Waals surface area contributed by atoms with Gasteiger partial charge in [-0.1, -0.05) is 39.0 Å². The third kappa shape index (κ3) is 3.06. The smallest absolute Gasteiger partial charge is 0.0712 e. The zero-order chi connectivity index (χ0) is 13.9. The van der Waals surface area contributed by atoms with Crippen molar-refractivity contribution in [3.63, 3.8) is 0 Å². The number of allylic oxidation sites excluding steroid dienone is 2. The molecule has 1 fully saturated rings. The zero-order valence-electron chi connectivity index (χ0n) is 12.6. The largest absolute Gasteiger partial charge is 0.389 e. The second kappa shape index (κ2) is 6.06. The molecule has 0 bridgehead atoms. The highest BCUT2D eigenvalue weighted by atomic mass is 16.3. The lowest BCUT2D eigenvalue weighted by molar-refractivity contribution is -0.117. The van der Waals surface area contributed by atoms with E-state index in [1.54, 1.807) is 0 Å². The van der Waals surface area contributed by atoms with Gasteiger partial charge in [-0.15, -0.1) is 6.58 Å². The predicted molar refractivity (Wildman–Crippen MR) is 79.4 cm³/mol. The fourth-order valence-electron chi connectivity index (χ4n) is 3.74. The van der Waals surface area contributed by atoms with E-state index in [1.807, 2.05) is 6.08 Å². The molecule has 1 N–H and O–H groups in total. The molecule has 0 saturated heterocycles. The highest BCUT2D eigenvalue weighted by Crippen LogP contribution is 2.48. The maximum atomic E-state index is 11.2. The minimum Gasteiger partial charge on any atom is -0.389 e. The van der Waals surface area contributed by atoms with Crippen LogP contribution in [0, 0.1) is 23.7 Å². The van der Waals surface area contributed by atoms with Gasteiger partial charge in [-0.3, -0.25) is 0 Å². The van der Waals surface area contributed by atoms with Crippen LogP contribution in [-0.4, -0.2) is 10.7 Å². The molecule has 104 valence electrons. The van der Waals surface area contributed by atoms with E-state index in [4.69, 9.17) is 0 Å². The van der Waals surface area contributed by atoms with E-state index < -0.39 is 5.60 Å². The van der Waals surface area contributed by atoms with Crippen molar-refractivity contribution in [1.29, 1.82) is 0 Å². The van der Waals surface area contributed by atoms with Crippen LogP contribution < -0.4 is 0 Å². The Hall–Kier alpha value is -0.560. The molecule has 18 heavy (non-hydrogen) atoms. The first-order valence-electron chi connectivity index (χ1n) is 7.31. The summed E-state index contributed by atoms with van der Waals surface area (Å²) in [4.78, 5) is 0. The van der Waals surface area contributed by atoms with Gasteiger partial charge in [0, 0.05) is 0 Å². The Labute approximate surface area is 113 Å². The minimum atomic E-state index is -0.551. The van der Waals surface area contributed by atoms with Crippen LogP contribution in [0.2, 0.25) is 0 Å². The lowest BCUT2D eigenvalue weighted by Crippen LogP contribution is -2.51. The van der Waals surface area contributed by atoms with Crippen molar-refractivity contribution in [3.8, 4) is 0 Å². The van der Waals surface area contributed by atoms with Gasteiger partial charge in [-0.25, -0.2) is 0 Å². The molecule has 0 aromatic rings. The van der Waals surface area contributed by atoms with Crippen molar-refractivity contribution in [3.05, 3.63) is 24.8 Å². The van der Waals surface area contributed by atoms with E-state index >= 15 is 0 Å². The molecule has 0 aliphatic heterocycles. The van der Waals surface area contributed by atoms with Gasteiger partial charge < -0.3 is 5.11 Å². The Bertz CT molecular complexity index is 305. The van der Waals surface area contributed by atoms with Crippen molar-refractivity contribution in [2.45, 2.75) is 59.0 Å². The van der Waals surface area contributed by atoms with Gasteiger partial charge in [0.25, 0.3) is 0 Å². The molecule has 1 aliphatic carbocycles. The van der Waals surface area contributed by atoms with Gasteiger partial charge in [0.15, 0.2) is 0 Å². The third-order valence-electron chi connectivity index (χ3n) is 4.68. The Morgan fingerprint density at radius 2 is 2.06 bits per heavy atom. The number of aliphatic hydroxyl groups is 1. The maximum Gasteiger partial charge on any atom is 0.0712 e. The van der Waals surface area contributed by atoms with Crippen molar-refractivity contribution in [2.75, 3.05) is 0 Å². The van der Waals surface area contributed by atoms with Gasteiger partial charge in [-0.05, 0) is 56.3 Å². The molecule has 1 rings (SSSR count). The first-order chi connectivity index (χ1) is 8.32. The van der Waals surface area contributed by atoms with Crippen molar-refractivity contribution in [2.24, 2.45) is 23.7 Å². The minimum absolute atomic E-state index is 0.290. The highest BCUT2D eigenvalue weighted by molar-refractivity contribution is 5.10. The lowest BCUT2D eigenvalue weighted by atomic mass is 9.59. The SMILES string of the molecule is C=CC[C@H]1[C@H](C(=C)C)CC[C@@H](C)[C@]1(O)CC(C)C. The molecular formula is C17H30O. The molecule has 0 aromatic heterocycles. The monoisotopic (exact) mass is 250 g/mol. The van der Waals surface area contributed by atoms with Gasteiger partial charge in [0.1, 0.15) is 0 Å². The summed E-state index contributed by atoms with van der Waals surface area (Å²) in [6.07, 6.45) is 6.01. The summed E-state index contributed by atoms with van der Waals surface area (Å²) >= 11 is 0. The normalized spacial score (nSPS) is 36.7. The molecule has 0 heterocycles. The van der Waals surface area contributed by atoms with E-state index in [-0.39, 0.29) is 0 Å². The summed E-state index contributed by atoms with van der Waals surface area (Å²) in [5.41, 5.74) is 0.667. The van der Waals surface area contributed by atoms with Gasteiger partial charge in [0.05, 0.1) is 5.60 Å². The molecular weight excluding hydrogens is 220 g/mol. The van der Waals surface area contributed by atoms with Gasteiger partial charge in [0.2, 0.25) is 0 Å².